The zero-order chi connectivity index (χ0) is 13.5. The largest absolute Gasteiger partial charge is 0.381 e. The predicted molar refractivity (Wildman–Crippen MR) is 74.4 cm³/mol. The van der Waals surface area contributed by atoms with E-state index in [0.29, 0.717) is 12.3 Å². The molecular weight excluding hydrogens is 240 g/mol. The number of nitrogens with two attached hydrogens (primary N) is 1. The molecule has 0 bridgehead atoms. The highest BCUT2D eigenvalue weighted by atomic mass is 16.5. The number of carbonyl (C=O) groups excluding carboxylic acids is 1. The van der Waals surface area contributed by atoms with Crippen LogP contribution in [-0.4, -0.2) is 25.2 Å². The third-order valence-corrected chi connectivity index (χ3v) is 3.67. The van der Waals surface area contributed by atoms with Gasteiger partial charge in [0.2, 0.25) is 5.91 Å². The van der Waals surface area contributed by atoms with Gasteiger partial charge < -0.3 is 15.8 Å². The minimum absolute atomic E-state index is 0.154. The van der Waals surface area contributed by atoms with Crippen LogP contribution in [0.15, 0.2) is 30.3 Å². The van der Waals surface area contributed by atoms with Crippen molar-refractivity contribution >= 4 is 5.91 Å². The van der Waals surface area contributed by atoms with Crippen LogP contribution in [0, 0.1) is 5.92 Å². The average molecular weight is 262 g/mol. The maximum Gasteiger partial charge on any atom is 0.218 e. The number of hydrogen-bond acceptors (Lipinski definition) is 3. The summed E-state index contributed by atoms with van der Waals surface area (Å²) in [4.78, 5) is 11.2. The molecule has 1 fully saturated rings. The Balaban J connectivity index is 1.91. The third kappa shape index (κ3) is 4.65. The van der Waals surface area contributed by atoms with E-state index < -0.39 is 0 Å². The summed E-state index contributed by atoms with van der Waals surface area (Å²) in [6.45, 7) is 2.34. The van der Waals surface area contributed by atoms with Crippen LogP contribution in [0.25, 0.3) is 0 Å². The van der Waals surface area contributed by atoms with Crippen LogP contribution in [0.3, 0.4) is 0 Å². The molecule has 2 rings (SSSR count). The van der Waals surface area contributed by atoms with E-state index in [4.69, 9.17) is 10.5 Å². The van der Waals surface area contributed by atoms with Crippen molar-refractivity contribution in [2.24, 2.45) is 11.7 Å². The fraction of sp³-hybridized carbons (Fsp3) is 0.533. The van der Waals surface area contributed by atoms with Crippen molar-refractivity contribution in [3.8, 4) is 0 Å². The molecule has 1 aliphatic heterocycles. The first-order valence-electron chi connectivity index (χ1n) is 6.89. The number of primary amides is 1. The van der Waals surface area contributed by atoms with Gasteiger partial charge in [0, 0.05) is 32.2 Å². The van der Waals surface area contributed by atoms with Gasteiger partial charge >= 0.3 is 0 Å². The van der Waals surface area contributed by atoms with Crippen LogP contribution in [0.5, 0.6) is 0 Å². The molecule has 1 saturated heterocycles. The van der Waals surface area contributed by atoms with Crippen LogP contribution in [0.1, 0.15) is 24.8 Å². The molecule has 0 radical (unpaired) electrons. The van der Waals surface area contributed by atoms with Gasteiger partial charge in [0.1, 0.15) is 0 Å². The van der Waals surface area contributed by atoms with Gasteiger partial charge in [-0.3, -0.25) is 4.79 Å². The molecule has 1 amide bonds. The fourth-order valence-electron chi connectivity index (χ4n) is 2.59. The highest BCUT2D eigenvalue weighted by Crippen LogP contribution is 2.21. The second kappa shape index (κ2) is 7.26. The molecular formula is C15H22N2O2. The Kier molecular flexibility index (Phi) is 5.36. The average Bonchev–Trinajstić information content (AvgIpc) is 2.45. The van der Waals surface area contributed by atoms with Gasteiger partial charge in [-0.25, -0.2) is 0 Å². The number of amides is 1. The van der Waals surface area contributed by atoms with Crippen LogP contribution < -0.4 is 11.1 Å². The zero-order valence-electron chi connectivity index (χ0n) is 11.2. The van der Waals surface area contributed by atoms with Crippen LogP contribution >= 0.6 is 0 Å². The molecule has 1 aliphatic rings. The SMILES string of the molecule is NC(=O)CC(NCc1ccccc1)C1CCOCC1. The number of ether oxygens (including phenoxy) is 1. The Morgan fingerprint density at radius 3 is 2.63 bits per heavy atom. The first kappa shape index (κ1) is 14.0. The summed E-state index contributed by atoms with van der Waals surface area (Å²) in [5.41, 5.74) is 6.58. The number of carbonyl (C=O) groups is 1. The maximum atomic E-state index is 11.2. The minimum atomic E-state index is -0.239. The molecule has 104 valence electrons. The standard InChI is InChI=1S/C15H22N2O2/c16-15(18)10-14(13-6-8-19-9-7-13)17-11-12-4-2-1-3-5-12/h1-5,13-14,17H,6-11H2,(H2,16,18). The molecule has 19 heavy (non-hydrogen) atoms. The van der Waals surface area contributed by atoms with E-state index in [1.165, 1.54) is 5.56 Å². The minimum Gasteiger partial charge on any atom is -0.381 e. The summed E-state index contributed by atoms with van der Waals surface area (Å²) >= 11 is 0. The highest BCUT2D eigenvalue weighted by molar-refractivity contribution is 5.74. The summed E-state index contributed by atoms with van der Waals surface area (Å²) in [5, 5.41) is 3.48. The van der Waals surface area contributed by atoms with Crippen LogP contribution in [0.2, 0.25) is 0 Å². The van der Waals surface area contributed by atoms with E-state index in [1.807, 2.05) is 18.2 Å². The predicted octanol–water partition coefficient (Wildman–Crippen LogP) is 1.45. The van der Waals surface area contributed by atoms with Crippen molar-refractivity contribution < 1.29 is 9.53 Å². The fourth-order valence-corrected chi connectivity index (χ4v) is 2.59. The Hall–Kier alpha value is -1.39. The first-order valence-corrected chi connectivity index (χ1v) is 6.89. The highest BCUT2D eigenvalue weighted by Gasteiger charge is 2.24. The van der Waals surface area contributed by atoms with Gasteiger partial charge in [-0.2, -0.15) is 0 Å². The van der Waals surface area contributed by atoms with Crippen molar-refractivity contribution in [2.45, 2.75) is 31.8 Å². The molecule has 1 heterocycles. The van der Waals surface area contributed by atoms with Crippen molar-refractivity contribution in [2.75, 3.05) is 13.2 Å². The summed E-state index contributed by atoms with van der Waals surface area (Å²) < 4.78 is 5.37. The lowest BCUT2D eigenvalue weighted by Crippen LogP contribution is -2.41. The van der Waals surface area contributed by atoms with E-state index in [2.05, 4.69) is 17.4 Å². The summed E-state index contributed by atoms with van der Waals surface area (Å²) in [6, 6.07) is 10.4. The molecule has 4 heteroatoms. The summed E-state index contributed by atoms with van der Waals surface area (Å²) in [5.74, 6) is 0.238. The third-order valence-electron chi connectivity index (χ3n) is 3.67. The number of benzene rings is 1. The summed E-state index contributed by atoms with van der Waals surface area (Å²) in [7, 11) is 0. The van der Waals surface area contributed by atoms with Gasteiger partial charge in [-0.1, -0.05) is 30.3 Å². The van der Waals surface area contributed by atoms with Crippen LogP contribution in [0.4, 0.5) is 0 Å². The van der Waals surface area contributed by atoms with Gasteiger partial charge in [0.05, 0.1) is 0 Å². The number of hydrogen-bond donors (Lipinski definition) is 2. The molecule has 3 N–H and O–H groups in total. The Morgan fingerprint density at radius 2 is 2.00 bits per heavy atom. The van der Waals surface area contributed by atoms with E-state index in [0.717, 1.165) is 32.6 Å². The maximum absolute atomic E-state index is 11.2. The Morgan fingerprint density at radius 1 is 1.32 bits per heavy atom. The molecule has 0 aromatic heterocycles. The van der Waals surface area contributed by atoms with Gasteiger partial charge in [-0.15, -0.1) is 0 Å². The Bertz CT molecular complexity index is 388. The quantitative estimate of drug-likeness (QED) is 0.815. The molecule has 4 nitrogen and oxygen atoms in total. The van der Waals surface area contributed by atoms with E-state index in [9.17, 15) is 4.79 Å². The molecule has 1 aromatic carbocycles. The Labute approximate surface area is 114 Å². The van der Waals surface area contributed by atoms with Gasteiger partial charge in [0.15, 0.2) is 0 Å². The van der Waals surface area contributed by atoms with Gasteiger partial charge in [-0.05, 0) is 24.3 Å². The van der Waals surface area contributed by atoms with Crippen LogP contribution in [-0.2, 0) is 16.1 Å². The summed E-state index contributed by atoms with van der Waals surface area (Å²) in [6.07, 6.45) is 2.40. The number of rotatable bonds is 6. The molecule has 1 atom stereocenters. The lowest BCUT2D eigenvalue weighted by molar-refractivity contribution is -0.119. The lowest BCUT2D eigenvalue weighted by atomic mass is 9.89. The molecule has 1 aromatic rings. The topological polar surface area (TPSA) is 64.4 Å². The zero-order valence-corrected chi connectivity index (χ0v) is 11.2. The normalized spacial score (nSPS) is 18.1. The first-order chi connectivity index (χ1) is 9.25. The van der Waals surface area contributed by atoms with Crippen molar-refractivity contribution in [1.82, 2.24) is 5.32 Å². The van der Waals surface area contributed by atoms with Crippen molar-refractivity contribution in [3.63, 3.8) is 0 Å². The second-order valence-electron chi connectivity index (χ2n) is 5.09. The molecule has 0 spiro atoms. The van der Waals surface area contributed by atoms with E-state index in [1.54, 1.807) is 0 Å². The number of nitrogens with one attached hydrogen (secondary N) is 1. The smallest absolute Gasteiger partial charge is 0.218 e. The lowest BCUT2D eigenvalue weighted by Gasteiger charge is -2.30. The van der Waals surface area contributed by atoms with E-state index in [-0.39, 0.29) is 11.9 Å². The van der Waals surface area contributed by atoms with Crippen molar-refractivity contribution in [1.29, 1.82) is 0 Å². The monoisotopic (exact) mass is 262 g/mol. The molecule has 0 saturated carbocycles. The molecule has 0 aliphatic carbocycles. The second-order valence-corrected chi connectivity index (χ2v) is 5.09. The van der Waals surface area contributed by atoms with Gasteiger partial charge in [0.25, 0.3) is 0 Å². The van der Waals surface area contributed by atoms with E-state index >= 15 is 0 Å². The van der Waals surface area contributed by atoms with Crippen molar-refractivity contribution in [3.05, 3.63) is 35.9 Å². The molecule has 1 unspecified atom stereocenters.